The summed E-state index contributed by atoms with van der Waals surface area (Å²) in [7, 11) is 0. The van der Waals surface area contributed by atoms with E-state index in [0.717, 1.165) is 17.2 Å². The number of aromatic amines is 1. The average molecular weight is 355 g/mol. The van der Waals surface area contributed by atoms with Crippen LogP contribution in [-0.2, 0) is 6.61 Å². The minimum Gasteiger partial charge on any atom is -0.486 e. The maximum absolute atomic E-state index is 5.83. The van der Waals surface area contributed by atoms with Crippen molar-refractivity contribution in [3.05, 3.63) is 58.6 Å². The molecule has 2 heterocycles. The summed E-state index contributed by atoms with van der Waals surface area (Å²) in [5, 5.41) is 7.11. The van der Waals surface area contributed by atoms with Crippen LogP contribution in [0.25, 0.3) is 5.69 Å². The molecule has 0 atom stereocenters. The molecule has 0 spiro atoms. The van der Waals surface area contributed by atoms with Crippen LogP contribution < -0.4 is 14.2 Å². The quantitative estimate of drug-likeness (QED) is 0.725. The van der Waals surface area contributed by atoms with Crippen LogP contribution in [0.3, 0.4) is 0 Å². The fraction of sp³-hybridized carbons (Fsp3) is 0.222. The van der Waals surface area contributed by atoms with Gasteiger partial charge in [0, 0.05) is 6.07 Å². The van der Waals surface area contributed by atoms with Gasteiger partial charge in [0.25, 0.3) is 0 Å². The van der Waals surface area contributed by atoms with Crippen LogP contribution in [0.15, 0.2) is 42.5 Å². The molecule has 0 radical (unpaired) electrons. The highest BCUT2D eigenvalue weighted by atomic mass is 32.1. The minimum absolute atomic E-state index is 0.296. The smallest absolute Gasteiger partial charge is 0.199 e. The lowest BCUT2D eigenvalue weighted by atomic mass is 10.2. The molecule has 0 bridgehead atoms. The predicted octanol–water partition coefficient (Wildman–Crippen LogP) is 3.59. The zero-order valence-electron chi connectivity index (χ0n) is 13.7. The molecule has 7 heteroatoms. The number of fused-ring (bicyclic) bond motifs is 1. The molecule has 6 nitrogen and oxygen atoms in total. The topological polar surface area (TPSA) is 61.3 Å². The van der Waals surface area contributed by atoms with E-state index in [2.05, 4.69) is 10.2 Å². The Kier molecular flexibility index (Phi) is 4.15. The number of benzene rings is 2. The summed E-state index contributed by atoms with van der Waals surface area (Å²) < 4.78 is 19.4. The lowest BCUT2D eigenvalue weighted by molar-refractivity contribution is 0.171. The van der Waals surface area contributed by atoms with Crippen LogP contribution in [0.5, 0.6) is 17.2 Å². The summed E-state index contributed by atoms with van der Waals surface area (Å²) in [6.45, 7) is 3.44. The number of rotatable bonds is 4. The maximum Gasteiger partial charge on any atom is 0.199 e. The number of hydrogen-bond donors (Lipinski definition) is 1. The van der Waals surface area contributed by atoms with Crippen LogP contribution in [0, 0.1) is 11.7 Å². The number of nitrogens with zero attached hydrogens (tertiary/aromatic N) is 2. The van der Waals surface area contributed by atoms with E-state index >= 15 is 0 Å². The van der Waals surface area contributed by atoms with Gasteiger partial charge in [-0.05, 0) is 43.4 Å². The fourth-order valence-electron chi connectivity index (χ4n) is 2.65. The van der Waals surface area contributed by atoms with Crippen molar-refractivity contribution in [1.82, 2.24) is 14.8 Å². The molecule has 0 unspecified atom stereocenters. The number of ether oxygens (including phenoxy) is 3. The van der Waals surface area contributed by atoms with Crippen molar-refractivity contribution in [3.8, 4) is 22.9 Å². The van der Waals surface area contributed by atoms with Crippen molar-refractivity contribution in [2.45, 2.75) is 13.5 Å². The number of hydrogen-bond acceptors (Lipinski definition) is 5. The van der Waals surface area contributed by atoms with Crippen LogP contribution >= 0.6 is 12.2 Å². The zero-order chi connectivity index (χ0) is 17.2. The second-order valence-corrected chi connectivity index (χ2v) is 6.10. The van der Waals surface area contributed by atoms with E-state index < -0.39 is 0 Å². The zero-order valence-corrected chi connectivity index (χ0v) is 14.5. The molecule has 1 aliphatic heterocycles. The van der Waals surface area contributed by atoms with Gasteiger partial charge in [-0.1, -0.05) is 17.7 Å². The molecule has 3 aromatic rings. The van der Waals surface area contributed by atoms with Crippen molar-refractivity contribution in [3.63, 3.8) is 0 Å². The molecular formula is C18H17N3O3S. The SMILES string of the molecule is Cc1ccc(OCc2n[nH]c(=S)n2-c2ccc3c(c2)OCCO3)cc1. The van der Waals surface area contributed by atoms with E-state index in [1.54, 1.807) is 0 Å². The highest BCUT2D eigenvalue weighted by Crippen LogP contribution is 2.32. The number of aromatic nitrogens is 3. The van der Waals surface area contributed by atoms with Gasteiger partial charge >= 0.3 is 0 Å². The Bertz CT molecular complexity index is 947. The van der Waals surface area contributed by atoms with Gasteiger partial charge in [0.05, 0.1) is 5.69 Å². The van der Waals surface area contributed by atoms with Gasteiger partial charge < -0.3 is 14.2 Å². The van der Waals surface area contributed by atoms with Gasteiger partial charge in [-0.2, -0.15) is 5.10 Å². The Balaban J connectivity index is 1.61. The number of nitrogens with one attached hydrogen (secondary N) is 1. The molecule has 2 aromatic carbocycles. The molecular weight excluding hydrogens is 338 g/mol. The van der Waals surface area contributed by atoms with Gasteiger partial charge in [0.15, 0.2) is 22.1 Å². The van der Waals surface area contributed by atoms with Crippen molar-refractivity contribution in [1.29, 1.82) is 0 Å². The first kappa shape index (κ1) is 15.7. The van der Waals surface area contributed by atoms with Crippen molar-refractivity contribution >= 4 is 12.2 Å². The highest BCUT2D eigenvalue weighted by Gasteiger charge is 2.15. The summed E-state index contributed by atoms with van der Waals surface area (Å²) in [5.41, 5.74) is 2.04. The Labute approximate surface area is 150 Å². The van der Waals surface area contributed by atoms with Crippen molar-refractivity contribution in [2.75, 3.05) is 13.2 Å². The summed E-state index contributed by atoms with van der Waals surface area (Å²) >= 11 is 5.37. The Hall–Kier alpha value is -2.80. The predicted molar refractivity (Wildman–Crippen MR) is 95.2 cm³/mol. The number of H-pyrrole nitrogens is 1. The first-order valence-corrected chi connectivity index (χ1v) is 8.37. The minimum atomic E-state index is 0.296. The van der Waals surface area contributed by atoms with Crippen molar-refractivity contribution < 1.29 is 14.2 Å². The monoisotopic (exact) mass is 355 g/mol. The van der Waals surface area contributed by atoms with E-state index in [1.807, 2.05) is 54.0 Å². The number of aryl methyl sites for hydroxylation is 1. The standard InChI is InChI=1S/C18H17N3O3S/c1-12-2-5-14(6-3-12)24-11-17-19-20-18(25)21(17)13-4-7-15-16(10-13)23-9-8-22-15/h2-7,10H,8-9,11H2,1H3,(H,20,25). The Morgan fingerprint density at radius 1 is 1.12 bits per heavy atom. The van der Waals surface area contributed by atoms with Gasteiger partial charge in [-0.25, -0.2) is 0 Å². The molecule has 1 aliphatic rings. The molecule has 0 saturated heterocycles. The van der Waals surface area contributed by atoms with Gasteiger partial charge in [0.2, 0.25) is 0 Å². The van der Waals surface area contributed by atoms with Crippen molar-refractivity contribution in [2.24, 2.45) is 0 Å². The first-order valence-electron chi connectivity index (χ1n) is 7.96. The van der Waals surface area contributed by atoms with E-state index in [1.165, 1.54) is 5.56 Å². The fourth-order valence-corrected chi connectivity index (χ4v) is 2.90. The van der Waals surface area contributed by atoms with Crippen LogP contribution in [0.4, 0.5) is 0 Å². The highest BCUT2D eigenvalue weighted by molar-refractivity contribution is 7.71. The lowest BCUT2D eigenvalue weighted by Crippen LogP contribution is -2.15. The third kappa shape index (κ3) is 3.23. The second-order valence-electron chi connectivity index (χ2n) is 5.71. The van der Waals surface area contributed by atoms with E-state index in [4.69, 9.17) is 26.4 Å². The third-order valence-corrected chi connectivity index (χ3v) is 4.19. The largest absolute Gasteiger partial charge is 0.486 e. The third-order valence-electron chi connectivity index (χ3n) is 3.91. The maximum atomic E-state index is 5.83. The van der Waals surface area contributed by atoms with E-state index in [9.17, 15) is 0 Å². The molecule has 128 valence electrons. The summed E-state index contributed by atoms with van der Waals surface area (Å²) in [4.78, 5) is 0. The van der Waals surface area contributed by atoms with Gasteiger partial charge in [-0.15, -0.1) is 0 Å². The second kappa shape index (κ2) is 6.60. The molecule has 25 heavy (non-hydrogen) atoms. The Morgan fingerprint density at radius 2 is 1.88 bits per heavy atom. The Morgan fingerprint density at radius 3 is 2.68 bits per heavy atom. The summed E-state index contributed by atoms with van der Waals surface area (Å²) in [6.07, 6.45) is 0. The van der Waals surface area contributed by atoms with Gasteiger partial charge in [-0.3, -0.25) is 9.67 Å². The van der Waals surface area contributed by atoms with E-state index in [0.29, 0.717) is 36.2 Å². The molecule has 4 rings (SSSR count). The summed E-state index contributed by atoms with van der Waals surface area (Å²) in [6, 6.07) is 13.6. The molecule has 0 saturated carbocycles. The first-order chi connectivity index (χ1) is 12.2. The van der Waals surface area contributed by atoms with Crippen LogP contribution in [-0.4, -0.2) is 28.0 Å². The molecule has 1 aromatic heterocycles. The van der Waals surface area contributed by atoms with Gasteiger partial charge in [0.1, 0.15) is 25.6 Å². The van der Waals surface area contributed by atoms with Crippen LogP contribution in [0.1, 0.15) is 11.4 Å². The van der Waals surface area contributed by atoms with Crippen LogP contribution in [0.2, 0.25) is 0 Å². The molecule has 0 amide bonds. The average Bonchev–Trinajstić information content (AvgIpc) is 3.01. The normalized spacial score (nSPS) is 12.8. The molecule has 0 fully saturated rings. The molecule has 1 N–H and O–H groups in total. The lowest BCUT2D eigenvalue weighted by Gasteiger charge is -2.19. The molecule has 0 aliphatic carbocycles. The van der Waals surface area contributed by atoms with E-state index in [-0.39, 0.29) is 0 Å². The summed E-state index contributed by atoms with van der Waals surface area (Å²) in [5.74, 6) is 2.91.